The Morgan fingerprint density at radius 3 is 2.80 bits per heavy atom. The number of pyridine rings is 1. The van der Waals surface area contributed by atoms with Gasteiger partial charge in [0.2, 0.25) is 5.91 Å². The van der Waals surface area contributed by atoms with E-state index >= 15 is 0 Å². The molecule has 0 aliphatic carbocycles. The first kappa shape index (κ1) is 13.7. The molecule has 0 bridgehead atoms. The summed E-state index contributed by atoms with van der Waals surface area (Å²) in [7, 11) is 0. The minimum Gasteiger partial charge on any atom is -0.461 e. The molecule has 1 amide bonds. The van der Waals surface area contributed by atoms with Gasteiger partial charge in [-0.25, -0.2) is 4.79 Å². The normalized spacial score (nSPS) is 10.1. The summed E-state index contributed by atoms with van der Waals surface area (Å²) in [6, 6.07) is 3.44. The SMILES string of the molecule is CCOC(=O)c1coc(NC(=O)Cc2ccncc2)n1. The molecule has 0 aliphatic heterocycles. The van der Waals surface area contributed by atoms with Gasteiger partial charge in [0.05, 0.1) is 13.0 Å². The highest BCUT2D eigenvalue weighted by Gasteiger charge is 2.14. The quantitative estimate of drug-likeness (QED) is 0.829. The molecule has 0 fully saturated rings. The number of amides is 1. The maximum absolute atomic E-state index is 11.7. The van der Waals surface area contributed by atoms with E-state index in [4.69, 9.17) is 9.15 Å². The molecule has 0 aromatic carbocycles. The molecule has 20 heavy (non-hydrogen) atoms. The highest BCUT2D eigenvalue weighted by Crippen LogP contribution is 2.09. The maximum Gasteiger partial charge on any atom is 0.360 e. The third kappa shape index (κ3) is 3.64. The van der Waals surface area contributed by atoms with Crippen molar-refractivity contribution in [2.75, 3.05) is 11.9 Å². The standard InChI is InChI=1S/C13H13N3O4/c1-2-19-12(18)10-8-20-13(15-10)16-11(17)7-9-3-5-14-6-4-9/h3-6,8H,2,7H2,1H3,(H,15,16,17). The van der Waals surface area contributed by atoms with Crippen LogP contribution in [-0.2, 0) is 16.0 Å². The first-order valence-corrected chi connectivity index (χ1v) is 6.00. The molecule has 0 saturated heterocycles. The number of carbonyl (C=O) groups excluding carboxylic acids is 2. The number of oxazole rings is 1. The zero-order valence-corrected chi connectivity index (χ0v) is 10.8. The van der Waals surface area contributed by atoms with Crippen molar-refractivity contribution >= 4 is 17.9 Å². The van der Waals surface area contributed by atoms with E-state index in [9.17, 15) is 9.59 Å². The van der Waals surface area contributed by atoms with Crippen molar-refractivity contribution in [2.45, 2.75) is 13.3 Å². The van der Waals surface area contributed by atoms with Crippen molar-refractivity contribution < 1.29 is 18.7 Å². The van der Waals surface area contributed by atoms with Crippen LogP contribution in [-0.4, -0.2) is 28.5 Å². The number of nitrogens with one attached hydrogen (secondary N) is 1. The maximum atomic E-state index is 11.7. The Morgan fingerprint density at radius 1 is 1.35 bits per heavy atom. The highest BCUT2D eigenvalue weighted by atomic mass is 16.5. The Kier molecular flexibility index (Phi) is 4.43. The van der Waals surface area contributed by atoms with Gasteiger partial charge in [0.25, 0.3) is 0 Å². The van der Waals surface area contributed by atoms with Gasteiger partial charge in [0.1, 0.15) is 6.26 Å². The van der Waals surface area contributed by atoms with Crippen LogP contribution >= 0.6 is 0 Å². The van der Waals surface area contributed by atoms with E-state index < -0.39 is 5.97 Å². The molecule has 7 nitrogen and oxygen atoms in total. The Hall–Kier alpha value is -2.70. The molecular formula is C13H13N3O4. The van der Waals surface area contributed by atoms with E-state index in [-0.39, 0.29) is 30.6 Å². The van der Waals surface area contributed by atoms with Gasteiger partial charge in [-0.2, -0.15) is 4.98 Å². The molecule has 0 radical (unpaired) electrons. The lowest BCUT2D eigenvalue weighted by atomic mass is 10.2. The second-order valence-corrected chi connectivity index (χ2v) is 3.84. The number of nitrogens with zero attached hydrogens (tertiary/aromatic N) is 2. The van der Waals surface area contributed by atoms with Gasteiger partial charge >= 0.3 is 12.0 Å². The van der Waals surface area contributed by atoms with Crippen molar-refractivity contribution in [3.05, 3.63) is 42.0 Å². The smallest absolute Gasteiger partial charge is 0.360 e. The van der Waals surface area contributed by atoms with Gasteiger partial charge in [0, 0.05) is 12.4 Å². The third-order valence-corrected chi connectivity index (χ3v) is 2.35. The van der Waals surface area contributed by atoms with Crippen molar-refractivity contribution in [3.63, 3.8) is 0 Å². The number of ether oxygens (including phenoxy) is 1. The summed E-state index contributed by atoms with van der Waals surface area (Å²) in [4.78, 5) is 30.8. The van der Waals surface area contributed by atoms with E-state index in [1.165, 1.54) is 0 Å². The molecule has 7 heteroatoms. The van der Waals surface area contributed by atoms with Crippen molar-refractivity contribution in [1.29, 1.82) is 0 Å². The molecular weight excluding hydrogens is 262 g/mol. The summed E-state index contributed by atoms with van der Waals surface area (Å²) in [5.74, 6) is -0.889. The largest absolute Gasteiger partial charge is 0.461 e. The monoisotopic (exact) mass is 275 g/mol. The van der Waals surface area contributed by atoms with Gasteiger partial charge in [0.15, 0.2) is 5.69 Å². The van der Waals surface area contributed by atoms with Crippen LogP contribution < -0.4 is 5.32 Å². The van der Waals surface area contributed by atoms with Crippen LogP contribution in [0.3, 0.4) is 0 Å². The van der Waals surface area contributed by atoms with Crippen molar-refractivity contribution in [3.8, 4) is 0 Å². The second kappa shape index (κ2) is 6.46. The predicted molar refractivity (Wildman–Crippen MR) is 69.0 cm³/mol. The molecule has 0 spiro atoms. The minimum atomic E-state index is -0.592. The molecule has 2 heterocycles. The fraction of sp³-hybridized carbons (Fsp3) is 0.231. The molecule has 0 unspecified atom stereocenters. The Balaban J connectivity index is 1.93. The molecule has 0 saturated carbocycles. The number of aromatic nitrogens is 2. The van der Waals surface area contributed by atoms with E-state index in [0.29, 0.717) is 0 Å². The molecule has 2 aromatic heterocycles. The summed E-state index contributed by atoms with van der Waals surface area (Å²) < 4.78 is 9.75. The lowest BCUT2D eigenvalue weighted by molar-refractivity contribution is -0.115. The Labute approximate surface area is 115 Å². The van der Waals surface area contributed by atoms with Crippen molar-refractivity contribution in [2.24, 2.45) is 0 Å². The van der Waals surface area contributed by atoms with Gasteiger partial charge in [-0.05, 0) is 24.6 Å². The van der Waals surface area contributed by atoms with Crippen LogP contribution in [0.5, 0.6) is 0 Å². The molecule has 1 N–H and O–H groups in total. The van der Waals surface area contributed by atoms with Crippen LogP contribution in [0.1, 0.15) is 23.0 Å². The zero-order valence-electron chi connectivity index (χ0n) is 10.8. The van der Waals surface area contributed by atoms with Gasteiger partial charge in [-0.3, -0.25) is 15.1 Å². The van der Waals surface area contributed by atoms with Crippen LogP contribution in [0.2, 0.25) is 0 Å². The average molecular weight is 275 g/mol. The van der Waals surface area contributed by atoms with Gasteiger partial charge in [-0.1, -0.05) is 0 Å². The molecule has 0 atom stereocenters. The summed E-state index contributed by atoms with van der Waals surface area (Å²) in [5, 5.41) is 2.46. The van der Waals surface area contributed by atoms with E-state index in [1.54, 1.807) is 31.5 Å². The summed E-state index contributed by atoms with van der Waals surface area (Å²) in [6.45, 7) is 1.94. The van der Waals surface area contributed by atoms with Crippen LogP contribution in [0.15, 0.2) is 35.2 Å². The topological polar surface area (TPSA) is 94.3 Å². The van der Waals surface area contributed by atoms with Crippen molar-refractivity contribution in [1.82, 2.24) is 9.97 Å². The van der Waals surface area contributed by atoms with E-state index in [2.05, 4.69) is 15.3 Å². The number of anilines is 1. The van der Waals surface area contributed by atoms with Gasteiger partial charge < -0.3 is 9.15 Å². The Bertz CT molecular complexity index is 595. The third-order valence-electron chi connectivity index (χ3n) is 2.35. The fourth-order valence-corrected chi connectivity index (χ4v) is 1.48. The summed E-state index contributed by atoms with van der Waals surface area (Å²) in [5.41, 5.74) is 0.834. The first-order chi connectivity index (χ1) is 9.69. The number of hydrogen-bond acceptors (Lipinski definition) is 6. The number of rotatable bonds is 5. The Morgan fingerprint density at radius 2 is 2.10 bits per heavy atom. The average Bonchev–Trinajstić information content (AvgIpc) is 2.88. The van der Waals surface area contributed by atoms with E-state index in [1.807, 2.05) is 0 Å². The summed E-state index contributed by atoms with van der Waals surface area (Å²) >= 11 is 0. The first-order valence-electron chi connectivity index (χ1n) is 6.00. The summed E-state index contributed by atoms with van der Waals surface area (Å²) in [6.07, 6.45) is 4.51. The van der Waals surface area contributed by atoms with Gasteiger partial charge in [-0.15, -0.1) is 0 Å². The molecule has 2 rings (SSSR count). The lowest BCUT2D eigenvalue weighted by Crippen LogP contribution is -2.15. The second-order valence-electron chi connectivity index (χ2n) is 3.84. The molecule has 2 aromatic rings. The highest BCUT2D eigenvalue weighted by molar-refractivity contribution is 5.91. The molecule has 104 valence electrons. The van der Waals surface area contributed by atoms with E-state index in [0.717, 1.165) is 11.8 Å². The number of esters is 1. The molecule has 0 aliphatic rings. The van der Waals surface area contributed by atoms with Crippen LogP contribution in [0, 0.1) is 0 Å². The van der Waals surface area contributed by atoms with Crippen LogP contribution in [0.25, 0.3) is 0 Å². The fourth-order valence-electron chi connectivity index (χ4n) is 1.48. The number of hydrogen-bond donors (Lipinski definition) is 1. The minimum absolute atomic E-state index is 0.0195. The number of carbonyl (C=O) groups is 2. The predicted octanol–water partition coefficient (Wildman–Crippen LogP) is 1.43. The zero-order chi connectivity index (χ0) is 14.4. The van der Waals surface area contributed by atoms with Crippen LogP contribution in [0.4, 0.5) is 6.01 Å². The lowest BCUT2D eigenvalue weighted by Gasteiger charge is -2.00.